The largest absolute Gasteiger partial charge is 0.416 e. The van der Waals surface area contributed by atoms with Gasteiger partial charge in [-0.15, -0.1) is 0 Å². The van der Waals surface area contributed by atoms with E-state index in [0.29, 0.717) is 0 Å². The van der Waals surface area contributed by atoms with Crippen LogP contribution in [0.5, 0.6) is 0 Å². The molecule has 0 fully saturated rings. The van der Waals surface area contributed by atoms with E-state index >= 15 is 0 Å². The molecule has 122 valence electrons. The molecule has 0 spiro atoms. The van der Waals surface area contributed by atoms with E-state index in [9.17, 15) is 22.4 Å². The molecule has 0 aliphatic carbocycles. The van der Waals surface area contributed by atoms with Gasteiger partial charge in [0.1, 0.15) is 5.82 Å². The zero-order valence-corrected chi connectivity index (χ0v) is 12.0. The van der Waals surface area contributed by atoms with Gasteiger partial charge in [0.15, 0.2) is 5.70 Å². The summed E-state index contributed by atoms with van der Waals surface area (Å²) in [6.07, 6.45) is -3.60. The normalized spacial score (nSPS) is 16.2. The Morgan fingerprint density at radius 1 is 1.00 bits per heavy atom. The minimum absolute atomic E-state index is 0.0432. The van der Waals surface area contributed by atoms with E-state index in [1.54, 1.807) is 0 Å². The Labute approximate surface area is 133 Å². The number of cyclic esters (lactones) is 1. The number of carbonyl (C=O) groups excluding carboxylic acids is 1. The van der Waals surface area contributed by atoms with Crippen molar-refractivity contribution in [3.63, 3.8) is 0 Å². The van der Waals surface area contributed by atoms with Gasteiger partial charge < -0.3 is 4.74 Å². The first-order valence-corrected chi connectivity index (χ1v) is 6.80. The van der Waals surface area contributed by atoms with E-state index in [1.807, 2.05) is 0 Å². The minimum atomic E-state index is -4.58. The smallest absolute Gasteiger partial charge is 0.402 e. The van der Waals surface area contributed by atoms with Crippen LogP contribution in [0.3, 0.4) is 0 Å². The molecule has 1 aliphatic rings. The zero-order chi connectivity index (χ0) is 17.3. The van der Waals surface area contributed by atoms with Crippen molar-refractivity contribution in [3.05, 3.63) is 76.7 Å². The third kappa shape index (κ3) is 3.05. The third-order valence-corrected chi connectivity index (χ3v) is 3.28. The van der Waals surface area contributed by atoms with Crippen LogP contribution in [0, 0.1) is 5.82 Å². The SMILES string of the molecule is O=C1OC(c2ccccc2F)=N/C1=C\c1ccccc1C(F)(F)F. The molecule has 0 bridgehead atoms. The fourth-order valence-corrected chi connectivity index (χ4v) is 2.19. The fraction of sp³-hybridized carbons (Fsp3) is 0.0588. The van der Waals surface area contributed by atoms with Crippen LogP contribution in [0.15, 0.2) is 59.2 Å². The highest BCUT2D eigenvalue weighted by molar-refractivity contribution is 6.13. The Balaban J connectivity index is 2.03. The van der Waals surface area contributed by atoms with Crippen LogP contribution in [0.2, 0.25) is 0 Å². The second-order valence-electron chi connectivity index (χ2n) is 4.90. The zero-order valence-electron chi connectivity index (χ0n) is 12.0. The third-order valence-electron chi connectivity index (χ3n) is 3.28. The molecule has 0 atom stereocenters. The number of rotatable bonds is 2. The van der Waals surface area contributed by atoms with Crippen LogP contribution in [0.25, 0.3) is 6.08 Å². The molecule has 0 amide bonds. The molecule has 0 aromatic heterocycles. The molecule has 1 heterocycles. The van der Waals surface area contributed by atoms with Gasteiger partial charge in [0.2, 0.25) is 5.90 Å². The van der Waals surface area contributed by atoms with Crippen molar-refractivity contribution in [2.45, 2.75) is 6.18 Å². The van der Waals surface area contributed by atoms with E-state index in [4.69, 9.17) is 4.74 Å². The highest BCUT2D eigenvalue weighted by atomic mass is 19.4. The predicted molar refractivity (Wildman–Crippen MR) is 78.5 cm³/mol. The molecule has 2 aromatic carbocycles. The molecule has 2 aromatic rings. The summed E-state index contributed by atoms with van der Waals surface area (Å²) in [5.41, 5.74) is -1.50. The van der Waals surface area contributed by atoms with E-state index in [-0.39, 0.29) is 22.7 Å². The molecule has 0 N–H and O–H groups in total. The summed E-state index contributed by atoms with van der Waals surface area (Å²) in [5.74, 6) is -1.87. The van der Waals surface area contributed by atoms with Gasteiger partial charge in [0.05, 0.1) is 11.1 Å². The fourth-order valence-electron chi connectivity index (χ4n) is 2.19. The molecule has 0 saturated carbocycles. The van der Waals surface area contributed by atoms with E-state index in [2.05, 4.69) is 4.99 Å². The maximum absolute atomic E-state index is 13.7. The number of aliphatic imine (C=N–C) groups is 1. The first-order valence-electron chi connectivity index (χ1n) is 6.80. The summed E-state index contributed by atoms with van der Waals surface area (Å²) in [6.45, 7) is 0. The average Bonchev–Trinajstić information content (AvgIpc) is 2.88. The number of ether oxygens (including phenoxy) is 1. The maximum atomic E-state index is 13.7. The Morgan fingerprint density at radius 2 is 1.67 bits per heavy atom. The quantitative estimate of drug-likeness (QED) is 0.469. The Hall–Kier alpha value is -2.96. The number of halogens is 4. The van der Waals surface area contributed by atoms with E-state index in [1.165, 1.54) is 36.4 Å². The summed E-state index contributed by atoms with van der Waals surface area (Å²) in [6, 6.07) is 10.2. The van der Waals surface area contributed by atoms with Crippen molar-refractivity contribution in [1.29, 1.82) is 0 Å². The Kier molecular flexibility index (Phi) is 3.92. The van der Waals surface area contributed by atoms with Crippen molar-refractivity contribution in [1.82, 2.24) is 0 Å². The first-order chi connectivity index (χ1) is 11.4. The van der Waals surface area contributed by atoms with Crippen LogP contribution in [-0.2, 0) is 15.7 Å². The predicted octanol–water partition coefficient (Wildman–Crippen LogP) is 4.19. The Morgan fingerprint density at radius 3 is 2.38 bits per heavy atom. The molecule has 3 nitrogen and oxygen atoms in total. The van der Waals surface area contributed by atoms with Crippen molar-refractivity contribution in [3.8, 4) is 0 Å². The van der Waals surface area contributed by atoms with Gasteiger partial charge in [-0.25, -0.2) is 14.2 Å². The van der Waals surface area contributed by atoms with E-state index in [0.717, 1.165) is 18.2 Å². The van der Waals surface area contributed by atoms with Crippen LogP contribution < -0.4 is 0 Å². The van der Waals surface area contributed by atoms with Gasteiger partial charge in [0, 0.05) is 0 Å². The molecule has 24 heavy (non-hydrogen) atoms. The summed E-state index contributed by atoms with van der Waals surface area (Å²) < 4.78 is 57.5. The van der Waals surface area contributed by atoms with Gasteiger partial charge in [-0.05, 0) is 29.8 Å². The lowest BCUT2D eigenvalue weighted by molar-refractivity contribution is -0.137. The lowest BCUT2D eigenvalue weighted by atomic mass is 10.1. The molecular weight excluding hydrogens is 326 g/mol. The van der Waals surface area contributed by atoms with Crippen LogP contribution >= 0.6 is 0 Å². The number of benzene rings is 2. The average molecular weight is 335 g/mol. The summed E-state index contributed by atoms with van der Waals surface area (Å²) in [5, 5.41) is 0. The molecule has 1 aliphatic heterocycles. The molecule has 0 saturated heterocycles. The van der Waals surface area contributed by atoms with Crippen LogP contribution in [0.4, 0.5) is 17.6 Å². The maximum Gasteiger partial charge on any atom is 0.416 e. The molecular formula is C17H9F4NO2. The summed E-state index contributed by atoms with van der Waals surface area (Å²) in [4.78, 5) is 15.6. The highest BCUT2D eigenvalue weighted by Gasteiger charge is 2.33. The monoisotopic (exact) mass is 335 g/mol. The minimum Gasteiger partial charge on any atom is -0.402 e. The number of carbonyl (C=O) groups is 1. The van der Waals surface area contributed by atoms with Gasteiger partial charge >= 0.3 is 12.1 Å². The van der Waals surface area contributed by atoms with E-state index < -0.39 is 23.5 Å². The van der Waals surface area contributed by atoms with Gasteiger partial charge in [-0.1, -0.05) is 30.3 Å². The summed E-state index contributed by atoms with van der Waals surface area (Å²) in [7, 11) is 0. The Bertz CT molecular complexity index is 869. The lowest BCUT2D eigenvalue weighted by Crippen LogP contribution is -2.08. The number of hydrogen-bond acceptors (Lipinski definition) is 3. The van der Waals surface area contributed by atoms with Gasteiger partial charge in [0.25, 0.3) is 0 Å². The second-order valence-corrected chi connectivity index (χ2v) is 4.90. The van der Waals surface area contributed by atoms with Crippen molar-refractivity contribution < 1.29 is 27.1 Å². The molecule has 3 rings (SSSR count). The highest BCUT2D eigenvalue weighted by Crippen LogP contribution is 2.33. The van der Waals surface area contributed by atoms with Gasteiger partial charge in [-0.3, -0.25) is 0 Å². The molecule has 0 radical (unpaired) electrons. The topological polar surface area (TPSA) is 38.7 Å². The van der Waals surface area contributed by atoms with Gasteiger partial charge in [-0.2, -0.15) is 13.2 Å². The number of nitrogens with zero attached hydrogens (tertiary/aromatic N) is 1. The van der Waals surface area contributed by atoms with Crippen LogP contribution in [0.1, 0.15) is 16.7 Å². The van der Waals surface area contributed by atoms with Crippen LogP contribution in [-0.4, -0.2) is 11.9 Å². The number of hydrogen-bond donors (Lipinski definition) is 0. The number of esters is 1. The molecule has 7 heteroatoms. The first kappa shape index (κ1) is 15.9. The molecule has 0 unspecified atom stereocenters. The van der Waals surface area contributed by atoms with Crippen molar-refractivity contribution >= 4 is 17.9 Å². The number of alkyl halides is 3. The van der Waals surface area contributed by atoms with Crippen molar-refractivity contribution in [2.75, 3.05) is 0 Å². The lowest BCUT2D eigenvalue weighted by Gasteiger charge is -2.09. The second kappa shape index (κ2) is 5.92. The standard InChI is InChI=1S/C17H9F4NO2/c18-13-8-4-2-6-11(13)15-22-14(16(23)24-15)9-10-5-1-3-7-12(10)17(19,20)21/h1-9H/b14-9-. The summed E-state index contributed by atoms with van der Waals surface area (Å²) >= 11 is 0. The van der Waals surface area contributed by atoms with Crippen molar-refractivity contribution in [2.24, 2.45) is 4.99 Å².